The summed E-state index contributed by atoms with van der Waals surface area (Å²) in [7, 11) is 0. The molecule has 0 radical (unpaired) electrons. The van der Waals surface area contributed by atoms with Gasteiger partial charge in [-0.1, -0.05) is 36.8 Å². The zero-order chi connectivity index (χ0) is 17.1. The van der Waals surface area contributed by atoms with Crippen molar-refractivity contribution in [3.05, 3.63) is 66.0 Å². The van der Waals surface area contributed by atoms with Crippen LogP contribution in [0.25, 0.3) is 0 Å². The molecule has 0 unspecified atom stereocenters. The second kappa shape index (κ2) is 7.36. The smallest absolute Gasteiger partial charge is 0.220 e. The summed E-state index contributed by atoms with van der Waals surface area (Å²) in [5.74, 6) is 0.566. The Bertz CT molecular complexity index is 704. The fourth-order valence-electron chi connectivity index (χ4n) is 4.37. The van der Waals surface area contributed by atoms with Gasteiger partial charge in [-0.15, -0.1) is 0 Å². The number of nitrogens with zero attached hydrogens (tertiary/aromatic N) is 2. The van der Waals surface area contributed by atoms with Gasteiger partial charge in [0, 0.05) is 43.9 Å². The number of fused-ring (bicyclic) bond motifs is 1. The van der Waals surface area contributed by atoms with Crippen molar-refractivity contribution >= 4 is 5.91 Å². The highest BCUT2D eigenvalue weighted by atomic mass is 16.1. The van der Waals surface area contributed by atoms with E-state index < -0.39 is 0 Å². The van der Waals surface area contributed by atoms with Crippen LogP contribution >= 0.6 is 0 Å². The highest BCUT2D eigenvalue weighted by Gasteiger charge is 2.43. The Hall–Kier alpha value is -2.20. The molecule has 2 saturated heterocycles. The van der Waals surface area contributed by atoms with E-state index in [-0.39, 0.29) is 11.9 Å². The first-order valence-corrected chi connectivity index (χ1v) is 9.28. The van der Waals surface area contributed by atoms with Crippen molar-refractivity contribution in [2.45, 2.75) is 50.2 Å². The molecule has 2 aromatic rings. The Kier molecular flexibility index (Phi) is 4.79. The van der Waals surface area contributed by atoms with Gasteiger partial charge in [0.25, 0.3) is 0 Å². The molecule has 1 N–H and O–H groups in total. The molecule has 1 aromatic carbocycles. The number of likely N-dealkylation sites (tertiary alicyclic amines) is 1. The van der Waals surface area contributed by atoms with Gasteiger partial charge in [-0.2, -0.15) is 0 Å². The molecule has 4 rings (SSSR count). The summed E-state index contributed by atoms with van der Waals surface area (Å²) in [6, 6.07) is 15.4. The second-order valence-electron chi connectivity index (χ2n) is 7.21. The average molecular weight is 335 g/mol. The lowest BCUT2D eigenvalue weighted by molar-refractivity contribution is -0.122. The van der Waals surface area contributed by atoms with Gasteiger partial charge in [0.1, 0.15) is 0 Å². The quantitative estimate of drug-likeness (QED) is 0.937. The third-order valence-electron chi connectivity index (χ3n) is 5.59. The van der Waals surface area contributed by atoms with Gasteiger partial charge in [-0.3, -0.25) is 14.7 Å². The van der Waals surface area contributed by atoms with Crippen LogP contribution in [0.3, 0.4) is 0 Å². The first kappa shape index (κ1) is 16.3. The fourth-order valence-corrected chi connectivity index (χ4v) is 4.37. The minimum absolute atomic E-state index is 0.206. The number of carbonyl (C=O) groups excluding carboxylic acids is 1. The average Bonchev–Trinajstić information content (AvgIpc) is 2.95. The standard InChI is InChI=1S/C21H25N3O/c25-20-9-5-4-8-19-21(23-20)18(17-6-2-1-3-7-17)15-24(19)14-16-10-12-22-13-11-16/h1-3,6-7,10-13,18-19,21H,4-5,8-9,14-15H2,(H,23,25)/t18-,19+,21-/m0/s1. The Morgan fingerprint density at radius 1 is 1.08 bits per heavy atom. The van der Waals surface area contributed by atoms with Gasteiger partial charge in [0.15, 0.2) is 0 Å². The molecule has 0 saturated carbocycles. The van der Waals surface area contributed by atoms with Crippen molar-refractivity contribution in [2.75, 3.05) is 6.54 Å². The maximum Gasteiger partial charge on any atom is 0.220 e. The summed E-state index contributed by atoms with van der Waals surface area (Å²) in [4.78, 5) is 19.0. The lowest BCUT2D eigenvalue weighted by Gasteiger charge is -2.31. The van der Waals surface area contributed by atoms with Crippen molar-refractivity contribution < 1.29 is 4.79 Å². The van der Waals surface area contributed by atoms with E-state index in [4.69, 9.17) is 0 Å². The van der Waals surface area contributed by atoms with Crippen LogP contribution in [0, 0.1) is 0 Å². The summed E-state index contributed by atoms with van der Waals surface area (Å²) >= 11 is 0. The molecule has 2 aliphatic rings. The van der Waals surface area contributed by atoms with E-state index in [1.807, 2.05) is 12.4 Å². The van der Waals surface area contributed by atoms with E-state index >= 15 is 0 Å². The molecule has 4 nitrogen and oxygen atoms in total. The summed E-state index contributed by atoms with van der Waals surface area (Å²) in [6.07, 6.45) is 7.65. The zero-order valence-corrected chi connectivity index (χ0v) is 14.5. The lowest BCUT2D eigenvalue weighted by Crippen LogP contribution is -2.47. The molecule has 25 heavy (non-hydrogen) atoms. The number of pyridine rings is 1. The normalized spacial score (nSPS) is 27.2. The molecule has 1 aromatic heterocycles. The molecular weight excluding hydrogens is 310 g/mol. The number of rotatable bonds is 3. The molecule has 0 spiro atoms. The minimum atomic E-state index is 0.206. The number of amides is 1. The first-order chi connectivity index (χ1) is 12.3. The van der Waals surface area contributed by atoms with Crippen LogP contribution in [0.15, 0.2) is 54.9 Å². The van der Waals surface area contributed by atoms with Gasteiger partial charge < -0.3 is 5.32 Å². The predicted molar refractivity (Wildman–Crippen MR) is 98.0 cm³/mol. The molecule has 3 heterocycles. The van der Waals surface area contributed by atoms with E-state index in [2.05, 4.69) is 57.7 Å². The summed E-state index contributed by atoms with van der Waals surface area (Å²) < 4.78 is 0. The fraction of sp³-hybridized carbons (Fsp3) is 0.429. The Morgan fingerprint density at radius 3 is 2.68 bits per heavy atom. The number of nitrogens with one attached hydrogen (secondary N) is 1. The first-order valence-electron chi connectivity index (χ1n) is 9.28. The number of benzene rings is 1. The van der Waals surface area contributed by atoms with Crippen LogP contribution in [-0.4, -0.2) is 34.4 Å². The third kappa shape index (κ3) is 3.59. The van der Waals surface area contributed by atoms with Crippen LogP contribution in [0.1, 0.15) is 42.7 Å². The highest BCUT2D eigenvalue weighted by Crippen LogP contribution is 2.36. The Balaban J connectivity index is 1.62. The minimum Gasteiger partial charge on any atom is -0.351 e. The molecule has 0 aliphatic carbocycles. The lowest BCUT2D eigenvalue weighted by atomic mass is 9.88. The largest absolute Gasteiger partial charge is 0.351 e. The second-order valence-corrected chi connectivity index (χ2v) is 7.21. The summed E-state index contributed by atoms with van der Waals surface area (Å²) in [5, 5.41) is 3.35. The topological polar surface area (TPSA) is 45.2 Å². The van der Waals surface area contributed by atoms with Crippen LogP contribution in [-0.2, 0) is 11.3 Å². The monoisotopic (exact) mass is 335 g/mol. The van der Waals surface area contributed by atoms with Crippen LogP contribution in [0.5, 0.6) is 0 Å². The molecular formula is C21H25N3O. The van der Waals surface area contributed by atoms with Crippen molar-refractivity contribution in [3.8, 4) is 0 Å². The van der Waals surface area contributed by atoms with Gasteiger partial charge in [0.2, 0.25) is 5.91 Å². The van der Waals surface area contributed by atoms with Gasteiger partial charge in [-0.25, -0.2) is 0 Å². The maximum atomic E-state index is 12.3. The van der Waals surface area contributed by atoms with E-state index in [0.717, 1.165) is 32.4 Å². The summed E-state index contributed by atoms with van der Waals surface area (Å²) in [5.41, 5.74) is 2.62. The van der Waals surface area contributed by atoms with E-state index in [0.29, 0.717) is 18.4 Å². The maximum absolute atomic E-state index is 12.3. The van der Waals surface area contributed by atoms with Crippen molar-refractivity contribution in [1.82, 2.24) is 15.2 Å². The number of hydrogen-bond acceptors (Lipinski definition) is 3. The number of aromatic nitrogens is 1. The molecule has 0 bridgehead atoms. The molecule has 130 valence electrons. The SMILES string of the molecule is O=C1CCCC[C@@H]2[C@@H](N1)[C@H](c1ccccc1)CN2Cc1ccncc1. The molecule has 2 fully saturated rings. The number of carbonyl (C=O) groups is 1. The zero-order valence-electron chi connectivity index (χ0n) is 14.5. The predicted octanol–water partition coefficient (Wildman–Crippen LogP) is 3.11. The van der Waals surface area contributed by atoms with Crippen LogP contribution < -0.4 is 5.32 Å². The Morgan fingerprint density at radius 2 is 1.88 bits per heavy atom. The third-order valence-corrected chi connectivity index (χ3v) is 5.59. The summed E-state index contributed by atoms with van der Waals surface area (Å²) in [6.45, 7) is 1.91. The van der Waals surface area contributed by atoms with E-state index in [9.17, 15) is 4.79 Å². The molecule has 3 atom stereocenters. The van der Waals surface area contributed by atoms with E-state index in [1.165, 1.54) is 11.1 Å². The van der Waals surface area contributed by atoms with Crippen molar-refractivity contribution in [2.24, 2.45) is 0 Å². The molecule has 1 amide bonds. The highest BCUT2D eigenvalue weighted by molar-refractivity contribution is 5.76. The van der Waals surface area contributed by atoms with Crippen molar-refractivity contribution in [3.63, 3.8) is 0 Å². The van der Waals surface area contributed by atoms with Gasteiger partial charge >= 0.3 is 0 Å². The Labute approximate surface area is 149 Å². The molecule has 4 heteroatoms. The van der Waals surface area contributed by atoms with Crippen LogP contribution in [0.2, 0.25) is 0 Å². The van der Waals surface area contributed by atoms with E-state index in [1.54, 1.807) is 0 Å². The molecule has 2 aliphatic heterocycles. The number of hydrogen-bond donors (Lipinski definition) is 1. The van der Waals surface area contributed by atoms with Crippen LogP contribution in [0.4, 0.5) is 0 Å². The van der Waals surface area contributed by atoms with Crippen molar-refractivity contribution in [1.29, 1.82) is 0 Å². The van der Waals surface area contributed by atoms with Gasteiger partial charge in [0.05, 0.1) is 6.04 Å². The van der Waals surface area contributed by atoms with Gasteiger partial charge in [-0.05, 0) is 36.1 Å².